The minimum atomic E-state index is -3.95. The minimum absolute atomic E-state index is 0.0158. The van der Waals surface area contributed by atoms with Crippen molar-refractivity contribution in [3.8, 4) is 0 Å². The van der Waals surface area contributed by atoms with E-state index in [1.165, 1.54) is 12.1 Å². The number of hydrogen-bond donors (Lipinski definition) is 3. The summed E-state index contributed by atoms with van der Waals surface area (Å²) in [5, 5.41) is 12.3. The largest absolute Gasteiger partial charge is 0.330 e. The van der Waals surface area contributed by atoms with Crippen LogP contribution in [0.2, 0.25) is 0 Å². The van der Waals surface area contributed by atoms with Crippen molar-refractivity contribution in [3.63, 3.8) is 0 Å². The number of hydrogen-bond acceptors (Lipinski definition) is 5. The first-order valence-electron chi connectivity index (χ1n) is 9.97. The maximum Gasteiger partial charge on any atom is 0.279 e. The van der Waals surface area contributed by atoms with Crippen molar-refractivity contribution in [3.05, 3.63) is 89.5 Å². The lowest BCUT2D eigenvalue weighted by atomic mass is 10.1. The SMILES string of the molecule is Cc1ccc2c(c1)C(=NNC(=S)Nc1ccccc1S(N)(=O)=O)C(=O)N2Cc1ccccc1. The second kappa shape index (κ2) is 9.10. The average molecular weight is 480 g/mol. The predicted octanol–water partition coefficient (Wildman–Crippen LogP) is 2.88. The normalized spacial score (nSPS) is 14.3. The van der Waals surface area contributed by atoms with Gasteiger partial charge in [-0.2, -0.15) is 5.10 Å². The first-order chi connectivity index (χ1) is 15.7. The zero-order valence-corrected chi connectivity index (χ0v) is 19.3. The van der Waals surface area contributed by atoms with Crippen molar-refractivity contribution >= 4 is 50.3 Å². The van der Waals surface area contributed by atoms with Gasteiger partial charge in [-0.25, -0.2) is 13.6 Å². The third-order valence-corrected chi connectivity index (χ3v) is 6.20. The molecule has 0 radical (unpaired) electrons. The van der Waals surface area contributed by atoms with E-state index in [0.29, 0.717) is 12.1 Å². The summed E-state index contributed by atoms with van der Waals surface area (Å²) in [7, 11) is -3.95. The van der Waals surface area contributed by atoms with Crippen LogP contribution in [0.1, 0.15) is 16.7 Å². The molecule has 0 bridgehead atoms. The van der Waals surface area contributed by atoms with Crippen LogP contribution in [0, 0.1) is 6.92 Å². The van der Waals surface area contributed by atoms with Gasteiger partial charge in [0.05, 0.1) is 17.9 Å². The number of anilines is 2. The van der Waals surface area contributed by atoms with Crippen LogP contribution in [0.3, 0.4) is 0 Å². The van der Waals surface area contributed by atoms with Gasteiger partial charge in [0.15, 0.2) is 10.8 Å². The van der Waals surface area contributed by atoms with Gasteiger partial charge < -0.3 is 10.2 Å². The van der Waals surface area contributed by atoms with Crippen molar-refractivity contribution < 1.29 is 13.2 Å². The van der Waals surface area contributed by atoms with Crippen LogP contribution in [-0.2, 0) is 21.4 Å². The van der Waals surface area contributed by atoms with Gasteiger partial charge in [-0.05, 0) is 49.0 Å². The summed E-state index contributed by atoms with van der Waals surface area (Å²) in [4.78, 5) is 14.8. The molecule has 0 saturated carbocycles. The number of amides is 1. The first kappa shape index (κ1) is 22.6. The Morgan fingerprint density at radius 3 is 2.48 bits per heavy atom. The molecule has 0 unspecified atom stereocenters. The Hall–Kier alpha value is -3.60. The van der Waals surface area contributed by atoms with Gasteiger partial charge in [-0.1, -0.05) is 54.1 Å². The fraction of sp³-hybridized carbons (Fsp3) is 0.0870. The van der Waals surface area contributed by atoms with Crippen LogP contribution < -0.4 is 20.8 Å². The molecule has 1 aliphatic rings. The molecule has 0 aromatic heterocycles. The topological polar surface area (TPSA) is 117 Å². The van der Waals surface area contributed by atoms with Crippen molar-refractivity contribution in [2.24, 2.45) is 10.2 Å². The fourth-order valence-corrected chi connectivity index (χ4v) is 4.38. The van der Waals surface area contributed by atoms with Crippen molar-refractivity contribution in [1.29, 1.82) is 0 Å². The van der Waals surface area contributed by atoms with Gasteiger partial charge >= 0.3 is 0 Å². The van der Waals surface area contributed by atoms with Gasteiger partial charge in [-0.15, -0.1) is 0 Å². The van der Waals surface area contributed by atoms with E-state index in [1.54, 1.807) is 17.0 Å². The van der Waals surface area contributed by atoms with E-state index in [2.05, 4.69) is 15.8 Å². The lowest BCUT2D eigenvalue weighted by molar-refractivity contribution is -0.112. The van der Waals surface area contributed by atoms with Crippen LogP contribution in [0.15, 0.2) is 82.8 Å². The Morgan fingerprint density at radius 1 is 1.06 bits per heavy atom. The average Bonchev–Trinajstić information content (AvgIpc) is 3.03. The Balaban J connectivity index is 1.59. The molecule has 8 nitrogen and oxygen atoms in total. The first-order valence-corrected chi connectivity index (χ1v) is 11.9. The molecule has 3 aromatic carbocycles. The molecular weight excluding hydrogens is 458 g/mol. The molecule has 1 heterocycles. The maximum atomic E-state index is 13.2. The summed E-state index contributed by atoms with van der Waals surface area (Å²) in [6.07, 6.45) is 0. The van der Waals surface area contributed by atoms with Crippen LogP contribution in [0.4, 0.5) is 11.4 Å². The molecule has 3 aromatic rings. The van der Waals surface area contributed by atoms with Crippen LogP contribution in [0.25, 0.3) is 0 Å². The Kier molecular flexibility index (Phi) is 6.23. The molecule has 0 saturated heterocycles. The van der Waals surface area contributed by atoms with E-state index >= 15 is 0 Å². The third-order valence-electron chi connectivity index (χ3n) is 5.04. The number of benzene rings is 3. The molecule has 1 amide bonds. The molecule has 0 fully saturated rings. The number of nitrogens with two attached hydrogens (primary N) is 1. The number of carbonyl (C=O) groups excluding carboxylic acids is 1. The summed E-state index contributed by atoms with van der Waals surface area (Å²) in [6.45, 7) is 2.34. The summed E-state index contributed by atoms with van der Waals surface area (Å²) in [5.74, 6) is -0.264. The highest BCUT2D eigenvalue weighted by Gasteiger charge is 2.34. The maximum absolute atomic E-state index is 13.2. The van der Waals surface area contributed by atoms with Gasteiger partial charge in [0.1, 0.15) is 4.90 Å². The van der Waals surface area contributed by atoms with Crippen molar-refractivity contribution in [2.45, 2.75) is 18.4 Å². The van der Waals surface area contributed by atoms with E-state index in [9.17, 15) is 13.2 Å². The molecule has 0 spiro atoms. The highest BCUT2D eigenvalue weighted by atomic mass is 32.2. The monoisotopic (exact) mass is 479 g/mol. The Labute approximate surface area is 197 Å². The van der Waals surface area contributed by atoms with E-state index in [4.69, 9.17) is 17.4 Å². The van der Waals surface area contributed by atoms with Gasteiger partial charge in [0.2, 0.25) is 10.0 Å². The summed E-state index contributed by atoms with van der Waals surface area (Å²) in [5.41, 5.74) is 6.50. The van der Waals surface area contributed by atoms with Crippen molar-refractivity contribution in [1.82, 2.24) is 5.43 Å². The number of nitrogens with zero attached hydrogens (tertiary/aromatic N) is 2. The number of carbonyl (C=O) groups is 1. The second-order valence-electron chi connectivity index (χ2n) is 7.47. The zero-order chi connectivity index (χ0) is 23.6. The molecule has 1 aliphatic heterocycles. The van der Waals surface area contributed by atoms with Crippen LogP contribution in [-0.4, -0.2) is 25.1 Å². The molecule has 33 heavy (non-hydrogen) atoms. The van der Waals surface area contributed by atoms with E-state index < -0.39 is 10.0 Å². The van der Waals surface area contributed by atoms with Gasteiger partial charge in [-0.3, -0.25) is 10.2 Å². The third kappa shape index (κ3) is 4.92. The Bertz CT molecular complexity index is 1370. The lowest BCUT2D eigenvalue weighted by Crippen LogP contribution is -2.32. The zero-order valence-electron chi connectivity index (χ0n) is 17.6. The number of sulfonamides is 1. The number of primary sulfonamides is 1. The molecule has 0 aliphatic carbocycles. The Morgan fingerprint density at radius 2 is 1.76 bits per heavy atom. The molecular formula is C23H21N5O3S2. The smallest absolute Gasteiger partial charge is 0.279 e. The number of fused-ring (bicyclic) bond motifs is 1. The summed E-state index contributed by atoms with van der Waals surface area (Å²) < 4.78 is 23.6. The summed E-state index contributed by atoms with van der Waals surface area (Å²) in [6, 6.07) is 21.5. The van der Waals surface area contributed by atoms with E-state index in [0.717, 1.165) is 16.8 Å². The predicted molar refractivity (Wildman–Crippen MR) is 133 cm³/mol. The summed E-state index contributed by atoms with van der Waals surface area (Å²) >= 11 is 5.26. The molecule has 0 atom stereocenters. The number of para-hydroxylation sites is 1. The fourth-order valence-electron chi connectivity index (χ4n) is 3.53. The van der Waals surface area contributed by atoms with Crippen molar-refractivity contribution in [2.75, 3.05) is 10.2 Å². The van der Waals surface area contributed by atoms with Gasteiger partial charge in [0, 0.05) is 5.56 Å². The number of thiocarbonyl (C=S) groups is 1. The highest BCUT2D eigenvalue weighted by Crippen LogP contribution is 2.31. The van der Waals surface area contributed by atoms with Crippen LogP contribution in [0.5, 0.6) is 0 Å². The van der Waals surface area contributed by atoms with Crippen LogP contribution >= 0.6 is 12.2 Å². The second-order valence-corrected chi connectivity index (χ2v) is 9.40. The lowest BCUT2D eigenvalue weighted by Gasteiger charge is -2.17. The highest BCUT2D eigenvalue weighted by molar-refractivity contribution is 7.89. The quantitative estimate of drug-likeness (QED) is 0.383. The number of hydrazone groups is 1. The van der Waals surface area contributed by atoms with Gasteiger partial charge in [0.25, 0.3) is 5.91 Å². The standard InChI is InChI=1S/C23H21N5O3S2/c1-15-11-12-19-17(13-15)21(22(29)28(19)14-16-7-3-2-4-8-16)26-27-23(32)25-18-9-5-6-10-20(18)33(24,30)31/h2-13H,14H2,1H3,(H2,24,30,31)(H2,25,27,32). The molecule has 4 rings (SSSR count). The molecule has 10 heteroatoms. The molecule has 168 valence electrons. The number of aryl methyl sites for hydroxylation is 1. The molecule has 4 N–H and O–H groups in total. The number of nitrogens with one attached hydrogen (secondary N) is 2. The van der Waals surface area contributed by atoms with E-state index in [-0.39, 0.29) is 27.3 Å². The minimum Gasteiger partial charge on any atom is -0.330 e. The van der Waals surface area contributed by atoms with E-state index in [1.807, 2.05) is 55.5 Å². The number of rotatable bonds is 5.